The number of hydrogen-bond acceptors (Lipinski definition) is 3. The quantitative estimate of drug-likeness (QED) is 0.724. The highest BCUT2D eigenvalue weighted by molar-refractivity contribution is 7.95. The summed E-state index contributed by atoms with van der Waals surface area (Å²) in [5.74, 6) is -0.549. The number of carbonyl (C=O) groups is 1. The van der Waals surface area contributed by atoms with Crippen molar-refractivity contribution in [3.05, 3.63) is 0 Å². The van der Waals surface area contributed by atoms with Gasteiger partial charge in [0, 0.05) is 11.2 Å². The highest BCUT2D eigenvalue weighted by atomic mass is 35.5. The molecule has 0 saturated heterocycles. The lowest BCUT2D eigenvalue weighted by atomic mass is 9.88. The lowest BCUT2D eigenvalue weighted by molar-refractivity contribution is -0.127. The number of ketones is 1. The fourth-order valence-corrected chi connectivity index (χ4v) is 3.41. The summed E-state index contributed by atoms with van der Waals surface area (Å²) in [7, 11) is -3.58. The van der Waals surface area contributed by atoms with E-state index in [1.165, 1.54) is 6.92 Å². The Morgan fingerprint density at radius 1 is 1.20 bits per heavy atom. The first kappa shape index (κ1) is 14.9. The number of hydrogen-bond donors (Lipinski definition) is 0. The molecule has 0 aliphatic carbocycles. The van der Waals surface area contributed by atoms with E-state index in [9.17, 15) is 13.2 Å². The van der Waals surface area contributed by atoms with Gasteiger partial charge in [-0.05, 0) is 6.42 Å². The van der Waals surface area contributed by atoms with Crippen molar-refractivity contribution in [3.8, 4) is 0 Å². The van der Waals surface area contributed by atoms with Gasteiger partial charge in [-0.3, -0.25) is 4.79 Å². The molecule has 0 aliphatic heterocycles. The predicted octanol–water partition coefficient (Wildman–Crippen LogP) is 2.38. The molecule has 0 fully saturated rings. The molecule has 0 aromatic carbocycles. The molecule has 3 nitrogen and oxygen atoms in total. The van der Waals surface area contributed by atoms with Gasteiger partial charge >= 0.3 is 0 Å². The lowest BCUT2D eigenvalue weighted by Gasteiger charge is -2.30. The number of Topliss-reactive ketones (excluding diaryl/α,β-unsaturated/α-hetero) is 1. The molecule has 15 heavy (non-hydrogen) atoms. The fraction of sp³-hybridized carbons (Fsp3) is 0.900. The van der Waals surface area contributed by atoms with E-state index >= 15 is 0 Å². The second kappa shape index (κ2) is 4.42. The molecule has 0 aromatic rings. The Morgan fingerprint density at radius 3 is 1.80 bits per heavy atom. The first-order valence-corrected chi connectivity index (χ1v) is 7.02. The molecule has 0 rings (SSSR count). The van der Waals surface area contributed by atoms with Crippen LogP contribution in [0.4, 0.5) is 0 Å². The molecule has 0 aliphatic rings. The fourth-order valence-electron chi connectivity index (χ4n) is 1.31. The summed E-state index contributed by atoms with van der Waals surface area (Å²) in [6, 6.07) is 0. The summed E-state index contributed by atoms with van der Waals surface area (Å²) in [4.78, 5) is 12.0. The summed E-state index contributed by atoms with van der Waals surface area (Å²) in [5, 5.41) is 0. The van der Waals surface area contributed by atoms with Gasteiger partial charge in [-0.15, -0.1) is 0 Å². The lowest BCUT2D eigenvalue weighted by Crippen LogP contribution is -2.47. The number of halogens is 1. The molecule has 90 valence electrons. The normalized spacial score (nSPS) is 17.2. The molecule has 0 saturated carbocycles. The standard InChI is InChI=1S/C10H19ClO3S/c1-6-10(11,15(13,14)7-2)8(12)9(3,4)5/h6-7H2,1-5H3/t10-/m0/s1. The first-order valence-electron chi connectivity index (χ1n) is 4.99. The third-order valence-corrected chi connectivity index (χ3v) is 5.71. The zero-order chi connectivity index (χ0) is 12.5. The van der Waals surface area contributed by atoms with E-state index < -0.39 is 25.2 Å². The second-order valence-corrected chi connectivity index (χ2v) is 7.94. The van der Waals surface area contributed by atoms with Gasteiger partial charge in [0.25, 0.3) is 0 Å². The number of carbonyl (C=O) groups excluding carboxylic acids is 1. The molecule has 0 spiro atoms. The maximum atomic E-state index is 12.0. The van der Waals surface area contributed by atoms with Crippen LogP contribution in [0, 0.1) is 5.41 Å². The summed E-state index contributed by atoms with van der Waals surface area (Å²) in [6.45, 7) is 8.13. The minimum absolute atomic E-state index is 0.0980. The van der Waals surface area contributed by atoms with Gasteiger partial charge in [0.1, 0.15) is 0 Å². The third-order valence-electron chi connectivity index (χ3n) is 2.35. The topological polar surface area (TPSA) is 51.2 Å². The molecule has 0 aromatic heterocycles. The van der Waals surface area contributed by atoms with Gasteiger partial charge in [0.2, 0.25) is 4.21 Å². The molecule has 0 radical (unpaired) electrons. The maximum Gasteiger partial charge on any atom is 0.203 e. The van der Waals surface area contributed by atoms with Crippen LogP contribution in [0.3, 0.4) is 0 Å². The van der Waals surface area contributed by atoms with Gasteiger partial charge in [-0.1, -0.05) is 46.2 Å². The van der Waals surface area contributed by atoms with Crippen LogP contribution in [0.5, 0.6) is 0 Å². The van der Waals surface area contributed by atoms with Gasteiger partial charge in [0.05, 0.1) is 0 Å². The van der Waals surface area contributed by atoms with Crippen LogP contribution in [0.15, 0.2) is 0 Å². The van der Waals surface area contributed by atoms with Crippen molar-refractivity contribution < 1.29 is 13.2 Å². The molecule has 0 bridgehead atoms. The van der Waals surface area contributed by atoms with E-state index in [0.717, 1.165) is 0 Å². The van der Waals surface area contributed by atoms with Gasteiger partial charge < -0.3 is 0 Å². The van der Waals surface area contributed by atoms with E-state index in [4.69, 9.17) is 11.6 Å². The summed E-state index contributed by atoms with van der Waals surface area (Å²) < 4.78 is 21.8. The van der Waals surface area contributed by atoms with Crippen LogP contribution in [0.1, 0.15) is 41.0 Å². The summed E-state index contributed by atoms with van der Waals surface area (Å²) in [5.41, 5.74) is -0.750. The monoisotopic (exact) mass is 254 g/mol. The van der Waals surface area contributed by atoms with E-state index in [1.54, 1.807) is 27.7 Å². The summed E-state index contributed by atoms with van der Waals surface area (Å²) >= 11 is 6.01. The Kier molecular flexibility index (Phi) is 4.39. The van der Waals surface area contributed by atoms with Crippen molar-refractivity contribution in [2.24, 2.45) is 5.41 Å². The Hall–Kier alpha value is -0.0900. The van der Waals surface area contributed by atoms with Crippen LogP contribution in [0.25, 0.3) is 0 Å². The first-order chi connectivity index (χ1) is 6.53. The highest BCUT2D eigenvalue weighted by Crippen LogP contribution is 2.35. The zero-order valence-corrected chi connectivity index (χ0v) is 11.5. The minimum atomic E-state index is -3.58. The van der Waals surface area contributed by atoms with Gasteiger partial charge in [-0.2, -0.15) is 0 Å². The largest absolute Gasteiger partial charge is 0.296 e. The Balaban J connectivity index is 5.51. The predicted molar refractivity (Wildman–Crippen MR) is 62.8 cm³/mol. The molecule has 0 unspecified atom stereocenters. The van der Waals surface area contributed by atoms with Crippen LogP contribution in [-0.2, 0) is 14.6 Å². The maximum absolute atomic E-state index is 12.0. The third kappa shape index (κ3) is 2.72. The van der Waals surface area contributed by atoms with E-state index in [0.29, 0.717) is 0 Å². The smallest absolute Gasteiger partial charge is 0.203 e. The molecule has 0 N–H and O–H groups in total. The van der Waals surface area contributed by atoms with Crippen molar-refractivity contribution >= 4 is 27.2 Å². The van der Waals surface area contributed by atoms with E-state index in [1.807, 2.05) is 0 Å². The molecular weight excluding hydrogens is 236 g/mol. The minimum Gasteiger partial charge on any atom is -0.296 e. The van der Waals surface area contributed by atoms with Gasteiger partial charge in [0.15, 0.2) is 15.6 Å². The van der Waals surface area contributed by atoms with Crippen molar-refractivity contribution in [1.29, 1.82) is 0 Å². The molecule has 0 amide bonds. The number of sulfone groups is 1. The van der Waals surface area contributed by atoms with Crippen molar-refractivity contribution in [2.75, 3.05) is 5.75 Å². The molecule has 5 heteroatoms. The van der Waals surface area contributed by atoms with Crippen molar-refractivity contribution in [2.45, 2.75) is 45.2 Å². The van der Waals surface area contributed by atoms with Crippen LogP contribution < -0.4 is 0 Å². The average Bonchev–Trinajstić information content (AvgIpc) is 2.13. The second-order valence-electron chi connectivity index (χ2n) is 4.56. The number of rotatable bonds is 4. The van der Waals surface area contributed by atoms with E-state index in [-0.39, 0.29) is 12.2 Å². The average molecular weight is 255 g/mol. The van der Waals surface area contributed by atoms with Crippen molar-refractivity contribution in [3.63, 3.8) is 0 Å². The highest BCUT2D eigenvalue weighted by Gasteiger charge is 2.50. The SMILES string of the molecule is CC[C@@](Cl)(C(=O)C(C)(C)C)S(=O)(=O)CC. The van der Waals surface area contributed by atoms with Crippen LogP contribution in [-0.4, -0.2) is 24.2 Å². The summed E-state index contributed by atoms with van der Waals surface area (Å²) in [6.07, 6.45) is 0.0980. The molecular formula is C10H19ClO3S. The Labute approximate surface area is 97.1 Å². The molecule has 1 atom stereocenters. The Bertz CT molecular complexity index is 340. The zero-order valence-electron chi connectivity index (χ0n) is 9.93. The Morgan fingerprint density at radius 2 is 1.60 bits per heavy atom. The van der Waals surface area contributed by atoms with Gasteiger partial charge in [-0.25, -0.2) is 8.42 Å². The van der Waals surface area contributed by atoms with E-state index in [2.05, 4.69) is 0 Å². The number of alkyl halides is 1. The van der Waals surface area contributed by atoms with Crippen LogP contribution in [0.2, 0.25) is 0 Å². The van der Waals surface area contributed by atoms with Crippen molar-refractivity contribution in [1.82, 2.24) is 0 Å². The van der Waals surface area contributed by atoms with Crippen LogP contribution >= 0.6 is 11.6 Å². The molecule has 0 heterocycles.